The molecule has 26 heavy (non-hydrogen) atoms. The van der Waals surface area contributed by atoms with Crippen LogP contribution in [0.1, 0.15) is 38.2 Å². The zero-order valence-corrected chi connectivity index (χ0v) is 15.8. The molecule has 6 heteroatoms. The number of amides is 2. The molecule has 2 fully saturated rings. The molecule has 2 saturated heterocycles. The first kappa shape index (κ1) is 19.0. The SMILES string of the molecule is CCOC1CCCN(C(=O)Nc2ccc(C)cc2OCC2CCCO2)C1. The van der Waals surface area contributed by atoms with Gasteiger partial charge in [-0.1, -0.05) is 6.07 Å². The molecule has 2 aliphatic heterocycles. The zero-order chi connectivity index (χ0) is 18.4. The van der Waals surface area contributed by atoms with Gasteiger partial charge in [0, 0.05) is 26.3 Å². The van der Waals surface area contributed by atoms with Crippen molar-refractivity contribution in [3.63, 3.8) is 0 Å². The Bertz CT molecular complexity index is 599. The van der Waals surface area contributed by atoms with E-state index in [2.05, 4.69) is 5.32 Å². The summed E-state index contributed by atoms with van der Waals surface area (Å²) < 4.78 is 17.3. The third kappa shape index (κ3) is 5.11. The number of anilines is 1. The molecule has 1 aromatic rings. The number of piperidine rings is 1. The maximum Gasteiger partial charge on any atom is 0.322 e. The summed E-state index contributed by atoms with van der Waals surface area (Å²) in [7, 11) is 0. The van der Waals surface area contributed by atoms with Gasteiger partial charge in [-0.2, -0.15) is 0 Å². The number of carbonyl (C=O) groups is 1. The fourth-order valence-corrected chi connectivity index (χ4v) is 3.50. The smallest absolute Gasteiger partial charge is 0.322 e. The van der Waals surface area contributed by atoms with Gasteiger partial charge in [0.1, 0.15) is 12.4 Å². The summed E-state index contributed by atoms with van der Waals surface area (Å²) in [6.07, 6.45) is 4.37. The summed E-state index contributed by atoms with van der Waals surface area (Å²) in [5, 5.41) is 3.01. The quantitative estimate of drug-likeness (QED) is 0.840. The van der Waals surface area contributed by atoms with Crippen molar-refractivity contribution < 1.29 is 19.0 Å². The number of hydrogen-bond acceptors (Lipinski definition) is 4. The number of hydrogen-bond donors (Lipinski definition) is 1. The lowest BCUT2D eigenvalue weighted by Gasteiger charge is -2.32. The van der Waals surface area contributed by atoms with Crippen LogP contribution in [0, 0.1) is 6.92 Å². The molecule has 2 atom stereocenters. The molecule has 0 bridgehead atoms. The molecule has 0 radical (unpaired) electrons. The van der Waals surface area contributed by atoms with Crippen molar-refractivity contribution in [2.24, 2.45) is 0 Å². The Labute approximate surface area is 155 Å². The summed E-state index contributed by atoms with van der Waals surface area (Å²) in [4.78, 5) is 14.5. The van der Waals surface area contributed by atoms with Crippen molar-refractivity contribution >= 4 is 11.7 Å². The molecule has 0 spiro atoms. The summed E-state index contributed by atoms with van der Waals surface area (Å²) in [6, 6.07) is 5.75. The number of likely N-dealkylation sites (tertiary alicyclic amines) is 1. The zero-order valence-electron chi connectivity index (χ0n) is 15.8. The van der Waals surface area contributed by atoms with Crippen LogP contribution >= 0.6 is 0 Å². The van der Waals surface area contributed by atoms with Crippen LogP contribution in [0.3, 0.4) is 0 Å². The van der Waals surface area contributed by atoms with Gasteiger partial charge >= 0.3 is 6.03 Å². The van der Waals surface area contributed by atoms with E-state index in [0.717, 1.165) is 44.4 Å². The maximum absolute atomic E-state index is 12.7. The van der Waals surface area contributed by atoms with Gasteiger partial charge in [0.15, 0.2) is 0 Å². The molecule has 2 amide bonds. The Morgan fingerprint density at radius 3 is 3.00 bits per heavy atom. The molecule has 0 saturated carbocycles. The number of benzene rings is 1. The third-order valence-electron chi connectivity index (χ3n) is 4.90. The number of carbonyl (C=O) groups excluding carboxylic acids is 1. The van der Waals surface area contributed by atoms with Gasteiger partial charge < -0.3 is 24.4 Å². The van der Waals surface area contributed by atoms with Gasteiger partial charge in [-0.25, -0.2) is 4.79 Å². The predicted molar refractivity (Wildman–Crippen MR) is 101 cm³/mol. The number of urea groups is 1. The van der Waals surface area contributed by atoms with E-state index in [-0.39, 0.29) is 18.2 Å². The van der Waals surface area contributed by atoms with Crippen LogP contribution in [0.5, 0.6) is 5.75 Å². The van der Waals surface area contributed by atoms with E-state index >= 15 is 0 Å². The maximum atomic E-state index is 12.7. The first-order valence-electron chi connectivity index (χ1n) is 9.68. The van der Waals surface area contributed by atoms with E-state index in [1.807, 2.05) is 36.9 Å². The topological polar surface area (TPSA) is 60.0 Å². The van der Waals surface area contributed by atoms with Gasteiger partial charge in [0.2, 0.25) is 0 Å². The first-order chi connectivity index (χ1) is 12.7. The molecular weight excluding hydrogens is 332 g/mol. The van der Waals surface area contributed by atoms with Gasteiger partial charge in [-0.15, -0.1) is 0 Å². The number of nitrogens with zero attached hydrogens (tertiary/aromatic N) is 1. The summed E-state index contributed by atoms with van der Waals surface area (Å²) in [5.74, 6) is 0.701. The highest BCUT2D eigenvalue weighted by Gasteiger charge is 2.24. The molecule has 0 aromatic heterocycles. The standard InChI is InChI=1S/C20H30N2O4/c1-3-24-16-6-4-10-22(13-16)20(23)21-18-9-8-15(2)12-19(18)26-14-17-7-5-11-25-17/h8-9,12,16-17H,3-7,10-11,13-14H2,1-2H3,(H,21,23). The second-order valence-electron chi connectivity index (χ2n) is 7.04. The van der Waals surface area contributed by atoms with Crippen LogP contribution in [0.2, 0.25) is 0 Å². The van der Waals surface area contributed by atoms with Gasteiger partial charge in [-0.05, 0) is 57.2 Å². The predicted octanol–water partition coefficient (Wildman–Crippen LogP) is 3.59. The van der Waals surface area contributed by atoms with Gasteiger partial charge in [0.05, 0.1) is 17.9 Å². The van der Waals surface area contributed by atoms with Gasteiger partial charge in [0.25, 0.3) is 0 Å². The largest absolute Gasteiger partial charge is 0.489 e. The highest BCUT2D eigenvalue weighted by atomic mass is 16.5. The number of rotatable bonds is 6. The molecule has 0 aliphatic carbocycles. The Kier molecular flexibility index (Phi) is 6.74. The molecule has 2 aliphatic rings. The lowest BCUT2D eigenvalue weighted by Crippen LogP contribution is -2.45. The van der Waals surface area contributed by atoms with E-state index in [1.54, 1.807) is 0 Å². The van der Waals surface area contributed by atoms with E-state index < -0.39 is 0 Å². The first-order valence-corrected chi connectivity index (χ1v) is 9.68. The second kappa shape index (κ2) is 9.24. The average Bonchev–Trinajstić information content (AvgIpc) is 3.16. The van der Waals surface area contributed by atoms with Crippen molar-refractivity contribution in [3.8, 4) is 5.75 Å². The minimum atomic E-state index is -0.0970. The number of nitrogens with one attached hydrogen (secondary N) is 1. The fraction of sp³-hybridized carbons (Fsp3) is 0.650. The highest BCUT2D eigenvalue weighted by Crippen LogP contribution is 2.27. The van der Waals surface area contributed by atoms with Crippen LogP contribution in [0.4, 0.5) is 10.5 Å². The lowest BCUT2D eigenvalue weighted by atomic mass is 10.1. The minimum Gasteiger partial charge on any atom is -0.489 e. The fourth-order valence-electron chi connectivity index (χ4n) is 3.50. The van der Waals surface area contributed by atoms with Crippen molar-refractivity contribution in [3.05, 3.63) is 23.8 Å². The molecule has 2 heterocycles. The molecule has 2 unspecified atom stereocenters. The van der Waals surface area contributed by atoms with Gasteiger partial charge in [-0.3, -0.25) is 0 Å². The number of aryl methyl sites for hydroxylation is 1. The Morgan fingerprint density at radius 1 is 1.35 bits per heavy atom. The van der Waals surface area contributed by atoms with E-state index in [1.165, 1.54) is 0 Å². The van der Waals surface area contributed by atoms with Crippen LogP contribution in [0.25, 0.3) is 0 Å². The van der Waals surface area contributed by atoms with Crippen molar-refractivity contribution in [2.45, 2.75) is 51.7 Å². The van der Waals surface area contributed by atoms with E-state index in [4.69, 9.17) is 14.2 Å². The molecule has 1 N–H and O–H groups in total. The second-order valence-corrected chi connectivity index (χ2v) is 7.04. The summed E-state index contributed by atoms with van der Waals surface area (Å²) in [5.41, 5.74) is 1.80. The van der Waals surface area contributed by atoms with E-state index in [0.29, 0.717) is 31.2 Å². The Morgan fingerprint density at radius 2 is 2.23 bits per heavy atom. The van der Waals surface area contributed by atoms with Crippen LogP contribution < -0.4 is 10.1 Å². The van der Waals surface area contributed by atoms with Crippen LogP contribution in [0.15, 0.2) is 18.2 Å². The monoisotopic (exact) mass is 362 g/mol. The number of ether oxygens (including phenoxy) is 3. The normalized spacial score (nSPS) is 23.1. The molecule has 144 valence electrons. The third-order valence-corrected chi connectivity index (χ3v) is 4.90. The average molecular weight is 362 g/mol. The molecule has 6 nitrogen and oxygen atoms in total. The Balaban J connectivity index is 1.61. The molecule has 1 aromatic carbocycles. The van der Waals surface area contributed by atoms with Crippen molar-refractivity contribution in [1.82, 2.24) is 4.90 Å². The van der Waals surface area contributed by atoms with Crippen LogP contribution in [-0.2, 0) is 9.47 Å². The highest BCUT2D eigenvalue weighted by molar-refractivity contribution is 5.91. The summed E-state index contributed by atoms with van der Waals surface area (Å²) in [6.45, 7) is 7.40. The Hall–Kier alpha value is -1.79. The molecule has 3 rings (SSSR count). The lowest BCUT2D eigenvalue weighted by molar-refractivity contribution is 0.0181. The summed E-state index contributed by atoms with van der Waals surface area (Å²) >= 11 is 0. The minimum absolute atomic E-state index is 0.0970. The van der Waals surface area contributed by atoms with Crippen LogP contribution in [-0.4, -0.2) is 56.0 Å². The molecular formula is C20H30N2O4. The van der Waals surface area contributed by atoms with Crippen molar-refractivity contribution in [2.75, 3.05) is 38.2 Å². The van der Waals surface area contributed by atoms with E-state index in [9.17, 15) is 4.79 Å². The van der Waals surface area contributed by atoms with Crippen molar-refractivity contribution in [1.29, 1.82) is 0 Å².